The maximum absolute atomic E-state index is 13.1. The molecule has 0 atom stereocenters. The molecule has 0 bridgehead atoms. The molecule has 0 spiro atoms. The lowest BCUT2D eigenvalue weighted by Crippen LogP contribution is -2.35. The molecule has 0 aromatic heterocycles. The molecule has 6 nitrogen and oxygen atoms in total. The molecule has 1 N–H and O–H groups in total. The smallest absolute Gasteiger partial charge is 0.255 e. The molecule has 1 amide bonds. The van der Waals surface area contributed by atoms with Crippen LogP contribution in [0.5, 0.6) is 0 Å². The molecule has 1 aliphatic rings. The van der Waals surface area contributed by atoms with E-state index >= 15 is 0 Å². The van der Waals surface area contributed by atoms with Crippen LogP contribution in [0.1, 0.15) is 28.8 Å². The Morgan fingerprint density at radius 2 is 1.83 bits per heavy atom. The first-order chi connectivity index (χ1) is 14.4. The van der Waals surface area contributed by atoms with Crippen LogP contribution in [0, 0.1) is 0 Å². The van der Waals surface area contributed by atoms with Crippen molar-refractivity contribution in [3.05, 3.63) is 64.7 Å². The highest BCUT2D eigenvalue weighted by Gasteiger charge is 2.24. The van der Waals surface area contributed by atoms with Crippen molar-refractivity contribution in [1.29, 1.82) is 0 Å². The zero-order valence-electron chi connectivity index (χ0n) is 17.2. The van der Waals surface area contributed by atoms with Gasteiger partial charge in [0.2, 0.25) is 10.0 Å². The molecule has 1 aliphatic heterocycles. The summed E-state index contributed by atoms with van der Waals surface area (Å²) in [5, 5.41) is 0.263. The number of halogens is 1. The number of hydrogen-bond acceptors (Lipinski definition) is 4. The summed E-state index contributed by atoms with van der Waals surface area (Å²) in [5.74, 6) is -0.223. The highest BCUT2D eigenvalue weighted by atomic mass is 35.5. The standard InChI is InChI=1S/C22H28ClN3O3S/c1-24-30(28,29)19-10-11-21(23)20(17-19)22(27)26-14-6-13-25(15-16-26)12-5-9-18-7-3-2-4-8-18/h2-4,7-8,10-11,17,24H,5-6,9,12-16H2,1H3. The van der Waals surface area contributed by atoms with Gasteiger partial charge in [-0.1, -0.05) is 41.9 Å². The molecule has 1 heterocycles. The van der Waals surface area contributed by atoms with E-state index in [1.807, 2.05) is 6.07 Å². The molecule has 0 radical (unpaired) electrons. The summed E-state index contributed by atoms with van der Waals surface area (Å²) in [6.07, 6.45) is 3.00. The van der Waals surface area contributed by atoms with Crippen molar-refractivity contribution in [3.8, 4) is 0 Å². The summed E-state index contributed by atoms with van der Waals surface area (Å²) in [6, 6.07) is 14.7. The van der Waals surface area contributed by atoms with E-state index in [1.54, 1.807) is 4.90 Å². The third kappa shape index (κ3) is 5.82. The summed E-state index contributed by atoms with van der Waals surface area (Å²) in [5.41, 5.74) is 1.57. The first-order valence-electron chi connectivity index (χ1n) is 10.2. The summed E-state index contributed by atoms with van der Waals surface area (Å²) in [7, 11) is -2.30. The molecule has 8 heteroatoms. The molecule has 1 fully saturated rings. The molecule has 30 heavy (non-hydrogen) atoms. The van der Waals surface area contributed by atoms with Crippen LogP contribution in [0.25, 0.3) is 0 Å². The number of sulfonamides is 1. The Balaban J connectivity index is 1.60. The molecule has 0 saturated carbocycles. The molecular formula is C22H28ClN3O3S. The molecular weight excluding hydrogens is 422 g/mol. The van der Waals surface area contributed by atoms with E-state index in [1.165, 1.54) is 30.8 Å². The SMILES string of the molecule is CNS(=O)(=O)c1ccc(Cl)c(C(=O)N2CCCN(CCCc3ccccc3)CC2)c1. The monoisotopic (exact) mass is 449 g/mol. The second kappa shape index (κ2) is 10.4. The van der Waals surface area contributed by atoms with Crippen molar-refractivity contribution >= 4 is 27.5 Å². The van der Waals surface area contributed by atoms with Crippen LogP contribution < -0.4 is 4.72 Å². The number of benzene rings is 2. The van der Waals surface area contributed by atoms with Gasteiger partial charge in [0, 0.05) is 19.6 Å². The van der Waals surface area contributed by atoms with Gasteiger partial charge in [0.15, 0.2) is 0 Å². The van der Waals surface area contributed by atoms with Crippen LogP contribution in [0.2, 0.25) is 5.02 Å². The number of carbonyl (C=O) groups is 1. The van der Waals surface area contributed by atoms with Crippen LogP contribution in [0.15, 0.2) is 53.4 Å². The quantitative estimate of drug-likeness (QED) is 0.705. The minimum absolute atomic E-state index is 0.0371. The number of nitrogens with one attached hydrogen (secondary N) is 1. The molecule has 2 aromatic rings. The normalized spacial score (nSPS) is 15.7. The van der Waals surface area contributed by atoms with Crippen molar-refractivity contribution in [2.45, 2.75) is 24.2 Å². The minimum atomic E-state index is -3.64. The Bertz CT molecular complexity index is 967. The van der Waals surface area contributed by atoms with E-state index in [9.17, 15) is 13.2 Å². The van der Waals surface area contributed by atoms with E-state index in [4.69, 9.17) is 11.6 Å². The van der Waals surface area contributed by atoms with Crippen LogP contribution in [-0.2, 0) is 16.4 Å². The Kier molecular flexibility index (Phi) is 7.88. The lowest BCUT2D eigenvalue weighted by molar-refractivity contribution is 0.0761. The fraction of sp³-hybridized carbons (Fsp3) is 0.409. The van der Waals surface area contributed by atoms with Gasteiger partial charge in [0.05, 0.1) is 15.5 Å². The largest absolute Gasteiger partial charge is 0.337 e. The zero-order chi connectivity index (χ0) is 21.6. The fourth-order valence-corrected chi connectivity index (χ4v) is 4.63. The zero-order valence-corrected chi connectivity index (χ0v) is 18.8. The average molecular weight is 450 g/mol. The molecule has 0 unspecified atom stereocenters. The number of aryl methyl sites for hydroxylation is 1. The van der Waals surface area contributed by atoms with Crippen molar-refractivity contribution in [2.24, 2.45) is 0 Å². The van der Waals surface area contributed by atoms with Gasteiger partial charge in [0.1, 0.15) is 0 Å². The Hall–Kier alpha value is -1.93. The van der Waals surface area contributed by atoms with Crippen LogP contribution >= 0.6 is 11.6 Å². The summed E-state index contributed by atoms with van der Waals surface area (Å²) in [4.78, 5) is 17.3. The van der Waals surface area contributed by atoms with Crippen LogP contribution in [0.3, 0.4) is 0 Å². The summed E-state index contributed by atoms with van der Waals surface area (Å²) < 4.78 is 26.4. The maximum atomic E-state index is 13.1. The lowest BCUT2D eigenvalue weighted by atomic mass is 10.1. The van der Waals surface area contributed by atoms with E-state index in [0.29, 0.717) is 13.1 Å². The lowest BCUT2D eigenvalue weighted by Gasteiger charge is -2.22. The fourth-order valence-electron chi connectivity index (χ4n) is 3.67. The third-order valence-corrected chi connectivity index (χ3v) is 7.15. The van der Waals surface area contributed by atoms with Crippen molar-refractivity contribution in [2.75, 3.05) is 39.8 Å². The maximum Gasteiger partial charge on any atom is 0.255 e. The number of amides is 1. The van der Waals surface area contributed by atoms with Gasteiger partial charge in [-0.05, 0) is 63.2 Å². The topological polar surface area (TPSA) is 69.7 Å². The Labute approximate surface area is 183 Å². The number of nitrogens with zero attached hydrogens (tertiary/aromatic N) is 2. The first-order valence-corrected chi connectivity index (χ1v) is 12.1. The number of rotatable bonds is 7. The van der Waals surface area contributed by atoms with E-state index in [-0.39, 0.29) is 21.4 Å². The van der Waals surface area contributed by atoms with Crippen molar-refractivity contribution in [3.63, 3.8) is 0 Å². The number of carbonyl (C=O) groups excluding carboxylic acids is 1. The summed E-state index contributed by atoms with van der Waals surface area (Å²) in [6.45, 7) is 3.97. The van der Waals surface area contributed by atoms with Gasteiger partial charge < -0.3 is 9.80 Å². The van der Waals surface area contributed by atoms with Gasteiger partial charge in [0.25, 0.3) is 5.91 Å². The van der Waals surface area contributed by atoms with Gasteiger partial charge in [-0.15, -0.1) is 0 Å². The summed E-state index contributed by atoms with van der Waals surface area (Å²) >= 11 is 6.23. The minimum Gasteiger partial charge on any atom is -0.337 e. The highest BCUT2D eigenvalue weighted by Crippen LogP contribution is 2.22. The van der Waals surface area contributed by atoms with Gasteiger partial charge in [-0.3, -0.25) is 4.79 Å². The third-order valence-electron chi connectivity index (χ3n) is 5.41. The van der Waals surface area contributed by atoms with Crippen LogP contribution in [0.4, 0.5) is 0 Å². The Morgan fingerprint density at radius 1 is 1.07 bits per heavy atom. The molecule has 0 aliphatic carbocycles. The molecule has 3 rings (SSSR count). The van der Waals surface area contributed by atoms with Gasteiger partial charge in [-0.2, -0.15) is 0 Å². The second-order valence-corrected chi connectivity index (χ2v) is 9.72. The average Bonchev–Trinajstić information content (AvgIpc) is 3.00. The van der Waals surface area contributed by atoms with E-state index < -0.39 is 10.0 Å². The van der Waals surface area contributed by atoms with E-state index in [0.717, 1.165) is 38.9 Å². The number of hydrogen-bond donors (Lipinski definition) is 1. The van der Waals surface area contributed by atoms with Gasteiger partial charge in [-0.25, -0.2) is 13.1 Å². The highest BCUT2D eigenvalue weighted by molar-refractivity contribution is 7.89. The second-order valence-electron chi connectivity index (χ2n) is 7.43. The molecule has 162 valence electrons. The van der Waals surface area contributed by atoms with Gasteiger partial charge >= 0.3 is 0 Å². The van der Waals surface area contributed by atoms with Crippen LogP contribution in [-0.4, -0.2) is 63.9 Å². The predicted molar refractivity (Wildman–Crippen MR) is 119 cm³/mol. The van der Waals surface area contributed by atoms with Crippen molar-refractivity contribution < 1.29 is 13.2 Å². The van der Waals surface area contributed by atoms with Crippen molar-refractivity contribution in [1.82, 2.24) is 14.5 Å². The predicted octanol–water partition coefficient (Wildman–Crippen LogP) is 3.03. The van der Waals surface area contributed by atoms with E-state index in [2.05, 4.69) is 33.9 Å². The molecule has 1 saturated heterocycles. The first kappa shape index (κ1) is 22.7. The Morgan fingerprint density at radius 3 is 2.57 bits per heavy atom. The molecule has 2 aromatic carbocycles.